The van der Waals surface area contributed by atoms with Gasteiger partial charge in [-0.05, 0) is 19.1 Å². The predicted octanol–water partition coefficient (Wildman–Crippen LogP) is 1.38. The van der Waals surface area contributed by atoms with E-state index in [1.807, 2.05) is 0 Å². The number of methoxy groups -OCH3 is 2. The summed E-state index contributed by atoms with van der Waals surface area (Å²) in [5.74, 6) is 0.386. The second kappa shape index (κ2) is 10.6. The molecule has 31 heavy (non-hydrogen) atoms. The van der Waals surface area contributed by atoms with Gasteiger partial charge < -0.3 is 14.4 Å². The van der Waals surface area contributed by atoms with E-state index in [9.17, 15) is 13.2 Å². The van der Waals surface area contributed by atoms with E-state index in [1.165, 1.54) is 51.0 Å². The summed E-state index contributed by atoms with van der Waals surface area (Å²) >= 11 is 1.26. The van der Waals surface area contributed by atoms with Crippen LogP contribution < -0.4 is 0 Å². The molecule has 1 aromatic carbocycles. The van der Waals surface area contributed by atoms with Gasteiger partial charge in [0.1, 0.15) is 0 Å². The average Bonchev–Trinajstić information content (AvgIpc) is 3.13. The topological polar surface area (TPSA) is 107 Å². The van der Waals surface area contributed by atoms with Crippen LogP contribution in [0.1, 0.15) is 6.92 Å². The first-order valence-corrected chi connectivity index (χ1v) is 11.7. The average molecular weight is 472 g/mol. The Morgan fingerprint density at radius 1 is 1.16 bits per heavy atom. The molecule has 0 aliphatic heterocycles. The van der Waals surface area contributed by atoms with E-state index in [0.717, 1.165) is 4.31 Å². The smallest absolute Gasteiger partial charge is 0.242 e. The Hall–Kier alpha value is -1.99. The van der Waals surface area contributed by atoms with Crippen LogP contribution in [0.25, 0.3) is 11.4 Å². The van der Waals surface area contributed by atoms with Gasteiger partial charge in [0.25, 0.3) is 0 Å². The van der Waals surface area contributed by atoms with Crippen molar-refractivity contribution in [2.45, 2.75) is 35.1 Å². The number of thioether (sulfide) groups is 1. The molecule has 0 bridgehead atoms. The van der Waals surface area contributed by atoms with Crippen molar-refractivity contribution in [2.24, 2.45) is 0 Å². The number of nitrogens with zero attached hydrogens (tertiary/aromatic N) is 5. The van der Waals surface area contributed by atoms with E-state index in [-0.39, 0.29) is 17.3 Å². The molecule has 0 N–H and O–H groups in total. The zero-order chi connectivity index (χ0) is 23.3. The number of aromatic nitrogens is 3. The fourth-order valence-corrected chi connectivity index (χ4v) is 4.68. The van der Waals surface area contributed by atoms with Crippen LogP contribution in [0.2, 0.25) is 0 Å². The lowest BCUT2D eigenvalue weighted by atomic mass is 10.2. The molecule has 0 fully saturated rings. The largest absolute Gasteiger partial charge is 0.354 e. The molecule has 1 atom stereocenters. The maximum absolute atomic E-state index is 12.6. The first kappa shape index (κ1) is 25.3. The summed E-state index contributed by atoms with van der Waals surface area (Å²) in [6, 6.07) is 6.49. The van der Waals surface area contributed by atoms with Crippen LogP contribution >= 0.6 is 11.8 Å². The van der Waals surface area contributed by atoms with Gasteiger partial charge in [-0.1, -0.05) is 23.9 Å². The third-order valence-electron chi connectivity index (χ3n) is 4.52. The fraction of sp³-hybridized carbons (Fsp3) is 0.526. The molecule has 0 radical (unpaired) electrons. The monoisotopic (exact) mass is 471 g/mol. The molecule has 0 aliphatic carbocycles. The highest BCUT2D eigenvalue weighted by molar-refractivity contribution is 8.00. The number of hydrogen-bond acceptors (Lipinski definition) is 8. The van der Waals surface area contributed by atoms with Gasteiger partial charge >= 0.3 is 0 Å². The quantitative estimate of drug-likeness (QED) is 0.378. The molecule has 0 saturated heterocycles. The zero-order valence-electron chi connectivity index (χ0n) is 18.8. The summed E-state index contributed by atoms with van der Waals surface area (Å²) in [6.45, 7) is 2.05. The van der Waals surface area contributed by atoms with Crippen LogP contribution in [0.3, 0.4) is 0 Å². The summed E-state index contributed by atoms with van der Waals surface area (Å²) in [6.07, 6.45) is -0.581. The number of carbonyl (C=O) groups is 1. The van der Waals surface area contributed by atoms with Crippen LogP contribution in [-0.2, 0) is 30.8 Å². The number of ether oxygens (including phenoxy) is 2. The summed E-state index contributed by atoms with van der Waals surface area (Å²) in [5.41, 5.74) is 0.569. The molecule has 0 saturated carbocycles. The van der Waals surface area contributed by atoms with Crippen molar-refractivity contribution in [1.29, 1.82) is 0 Å². The molecule has 1 amide bonds. The number of rotatable bonds is 10. The molecule has 1 heterocycles. The fourth-order valence-electron chi connectivity index (χ4n) is 2.73. The van der Waals surface area contributed by atoms with Gasteiger partial charge in [0.2, 0.25) is 15.9 Å². The Bertz CT molecular complexity index is 1000. The SMILES string of the molecule is COC(Cn1c(SC(C)C(=O)N(C)C)nnc1-c1cccc(S(=O)(=O)N(C)C)c1)OC. The third kappa shape index (κ3) is 5.83. The molecule has 0 aliphatic rings. The first-order chi connectivity index (χ1) is 14.5. The first-order valence-electron chi connectivity index (χ1n) is 9.42. The van der Waals surface area contributed by atoms with Gasteiger partial charge in [-0.25, -0.2) is 12.7 Å². The Morgan fingerprint density at radius 3 is 2.35 bits per heavy atom. The minimum atomic E-state index is -3.61. The number of benzene rings is 1. The Balaban J connectivity index is 2.53. The zero-order valence-corrected chi connectivity index (χ0v) is 20.4. The van der Waals surface area contributed by atoms with Crippen LogP contribution in [-0.4, -0.2) is 92.2 Å². The third-order valence-corrected chi connectivity index (χ3v) is 7.39. The molecule has 10 nitrogen and oxygen atoms in total. The minimum Gasteiger partial charge on any atom is -0.354 e. The van der Waals surface area contributed by atoms with Gasteiger partial charge in [-0.2, -0.15) is 0 Å². The highest BCUT2D eigenvalue weighted by atomic mass is 32.2. The number of hydrogen-bond donors (Lipinski definition) is 0. The molecule has 12 heteroatoms. The van der Waals surface area contributed by atoms with Crippen LogP contribution in [0.15, 0.2) is 34.3 Å². The molecule has 172 valence electrons. The van der Waals surface area contributed by atoms with Gasteiger partial charge in [-0.3, -0.25) is 9.36 Å². The van der Waals surface area contributed by atoms with E-state index < -0.39 is 21.6 Å². The van der Waals surface area contributed by atoms with Crippen molar-refractivity contribution in [2.75, 3.05) is 42.4 Å². The molecule has 2 aromatic rings. The summed E-state index contributed by atoms with van der Waals surface area (Å²) in [5, 5.41) is 8.64. The second-order valence-corrected chi connectivity index (χ2v) is 10.6. The molecule has 0 spiro atoms. The lowest BCUT2D eigenvalue weighted by molar-refractivity contribution is -0.127. The van der Waals surface area contributed by atoms with Gasteiger partial charge in [0.05, 0.1) is 16.7 Å². The number of sulfonamides is 1. The van der Waals surface area contributed by atoms with E-state index in [2.05, 4.69) is 10.2 Å². The number of amides is 1. The highest BCUT2D eigenvalue weighted by Crippen LogP contribution is 2.29. The van der Waals surface area contributed by atoms with E-state index in [4.69, 9.17) is 9.47 Å². The van der Waals surface area contributed by atoms with Crippen LogP contribution in [0.5, 0.6) is 0 Å². The van der Waals surface area contributed by atoms with Crippen molar-refractivity contribution < 1.29 is 22.7 Å². The van der Waals surface area contributed by atoms with Gasteiger partial charge in [0, 0.05) is 48.0 Å². The standard InChI is InChI=1S/C19H29N5O5S2/c1-13(18(25)22(2)3)30-19-21-20-17(24(19)12-16(28-6)29-7)14-9-8-10-15(11-14)31(26,27)23(4)5/h8-11,13,16H,12H2,1-7H3. The Morgan fingerprint density at radius 2 is 1.81 bits per heavy atom. The van der Waals surface area contributed by atoms with Crippen LogP contribution in [0.4, 0.5) is 0 Å². The normalized spacial score (nSPS) is 13.1. The molecular formula is C19H29N5O5S2. The predicted molar refractivity (Wildman–Crippen MR) is 118 cm³/mol. The summed E-state index contributed by atoms with van der Waals surface area (Å²) in [4.78, 5) is 14.0. The van der Waals surface area contributed by atoms with Gasteiger partial charge in [0.15, 0.2) is 17.3 Å². The van der Waals surface area contributed by atoms with Crippen molar-refractivity contribution in [3.8, 4) is 11.4 Å². The maximum Gasteiger partial charge on any atom is 0.242 e. The lowest BCUT2D eigenvalue weighted by Crippen LogP contribution is -2.30. The van der Waals surface area contributed by atoms with E-state index in [1.54, 1.807) is 43.8 Å². The second-order valence-electron chi connectivity index (χ2n) is 7.13. The summed E-state index contributed by atoms with van der Waals surface area (Å²) < 4.78 is 38.7. The molecule has 2 rings (SSSR count). The molecular weight excluding hydrogens is 442 g/mol. The van der Waals surface area contributed by atoms with Crippen molar-refractivity contribution in [1.82, 2.24) is 24.0 Å². The van der Waals surface area contributed by atoms with Crippen molar-refractivity contribution in [3.05, 3.63) is 24.3 Å². The molecule has 1 unspecified atom stereocenters. The summed E-state index contributed by atoms with van der Waals surface area (Å²) in [7, 11) is 5.77. The lowest BCUT2D eigenvalue weighted by Gasteiger charge is -2.19. The Labute approximate surface area is 187 Å². The van der Waals surface area contributed by atoms with Crippen molar-refractivity contribution >= 4 is 27.7 Å². The Kier molecular flexibility index (Phi) is 8.60. The highest BCUT2D eigenvalue weighted by Gasteiger charge is 2.25. The number of carbonyl (C=O) groups excluding carboxylic acids is 1. The van der Waals surface area contributed by atoms with E-state index in [0.29, 0.717) is 16.5 Å². The molecule has 1 aromatic heterocycles. The van der Waals surface area contributed by atoms with Crippen molar-refractivity contribution in [3.63, 3.8) is 0 Å². The van der Waals surface area contributed by atoms with E-state index >= 15 is 0 Å². The minimum absolute atomic E-state index is 0.0600. The maximum atomic E-state index is 12.6. The van der Waals surface area contributed by atoms with Crippen LogP contribution in [0, 0.1) is 0 Å². The van der Waals surface area contributed by atoms with Gasteiger partial charge in [-0.15, -0.1) is 10.2 Å².